The minimum Gasteiger partial charge on any atom is -0.402 e. The summed E-state index contributed by atoms with van der Waals surface area (Å²) in [4.78, 5) is 0. The first-order valence-electron chi connectivity index (χ1n) is 4.31. The lowest BCUT2D eigenvalue weighted by atomic mass is 9.90. The second-order valence-corrected chi connectivity index (χ2v) is 3.72. The van der Waals surface area contributed by atoms with Crippen molar-refractivity contribution in [3.63, 3.8) is 0 Å². The second-order valence-electron chi connectivity index (χ2n) is 3.72. The highest BCUT2D eigenvalue weighted by molar-refractivity contribution is 5.17. The highest BCUT2D eigenvalue weighted by atomic mass is 14.6. The summed E-state index contributed by atoms with van der Waals surface area (Å²) in [5.41, 5.74) is 6.74. The molecule has 1 nitrogen and oxygen atoms in total. The Morgan fingerprint density at radius 2 is 2.36 bits per heavy atom. The van der Waals surface area contributed by atoms with Crippen LogP contribution in [0.15, 0.2) is 23.9 Å². The molecule has 0 saturated carbocycles. The first kappa shape index (κ1) is 8.38. The summed E-state index contributed by atoms with van der Waals surface area (Å²) in [5, 5.41) is 0. The fourth-order valence-corrected chi connectivity index (χ4v) is 1.54. The number of rotatable bonds is 2. The Balaban J connectivity index is 2.40. The largest absolute Gasteiger partial charge is 0.402 e. The molecule has 1 rings (SSSR count). The maximum atomic E-state index is 5.71. The van der Waals surface area contributed by atoms with E-state index in [1.807, 2.05) is 6.08 Å². The molecule has 0 aromatic rings. The molecule has 1 unspecified atom stereocenters. The van der Waals surface area contributed by atoms with Crippen LogP contribution in [0.4, 0.5) is 0 Å². The summed E-state index contributed by atoms with van der Waals surface area (Å²) < 4.78 is 0. The average molecular weight is 151 g/mol. The maximum Gasteiger partial charge on any atom is 0.00862 e. The van der Waals surface area contributed by atoms with Crippen LogP contribution in [-0.4, -0.2) is 0 Å². The van der Waals surface area contributed by atoms with Crippen LogP contribution in [0, 0.1) is 11.8 Å². The van der Waals surface area contributed by atoms with Crippen LogP contribution in [-0.2, 0) is 0 Å². The minimum absolute atomic E-state index is 0.681. The lowest BCUT2D eigenvalue weighted by molar-refractivity contribution is 0.468. The van der Waals surface area contributed by atoms with Gasteiger partial charge in [0.05, 0.1) is 0 Å². The smallest absolute Gasteiger partial charge is 0.00862 e. The van der Waals surface area contributed by atoms with Gasteiger partial charge in [-0.2, -0.15) is 0 Å². The molecule has 11 heavy (non-hydrogen) atoms. The van der Waals surface area contributed by atoms with Gasteiger partial charge in [-0.15, -0.1) is 0 Å². The average Bonchev–Trinajstić information content (AvgIpc) is 1.85. The Bertz CT molecular complexity index is 177. The van der Waals surface area contributed by atoms with Crippen molar-refractivity contribution in [3.05, 3.63) is 23.9 Å². The monoisotopic (exact) mass is 151 g/mol. The van der Waals surface area contributed by atoms with Crippen LogP contribution in [0.1, 0.15) is 26.7 Å². The van der Waals surface area contributed by atoms with Crippen molar-refractivity contribution < 1.29 is 0 Å². The molecule has 0 fully saturated rings. The highest BCUT2D eigenvalue weighted by Gasteiger charge is 2.10. The molecule has 0 radical (unpaired) electrons. The summed E-state index contributed by atoms with van der Waals surface area (Å²) >= 11 is 0. The third-order valence-electron chi connectivity index (χ3n) is 1.97. The van der Waals surface area contributed by atoms with Gasteiger partial charge in [-0.3, -0.25) is 0 Å². The van der Waals surface area contributed by atoms with Gasteiger partial charge in [0.25, 0.3) is 0 Å². The van der Waals surface area contributed by atoms with Gasteiger partial charge in [0.1, 0.15) is 0 Å². The van der Waals surface area contributed by atoms with Gasteiger partial charge in [-0.1, -0.05) is 26.0 Å². The molecule has 1 aliphatic rings. The molecule has 0 heterocycles. The number of hydrogen-bond acceptors (Lipinski definition) is 1. The van der Waals surface area contributed by atoms with E-state index in [2.05, 4.69) is 26.0 Å². The predicted molar refractivity (Wildman–Crippen MR) is 49.0 cm³/mol. The molecule has 0 aliphatic heterocycles. The normalized spacial score (nSPS) is 23.9. The molecular formula is C10H17N. The van der Waals surface area contributed by atoms with E-state index >= 15 is 0 Å². The molecule has 1 aliphatic carbocycles. The summed E-state index contributed by atoms with van der Waals surface area (Å²) in [7, 11) is 0. The molecule has 0 bridgehead atoms. The zero-order chi connectivity index (χ0) is 8.27. The van der Waals surface area contributed by atoms with Gasteiger partial charge < -0.3 is 5.73 Å². The molecule has 0 aromatic carbocycles. The topological polar surface area (TPSA) is 26.0 Å². The van der Waals surface area contributed by atoms with E-state index in [9.17, 15) is 0 Å². The van der Waals surface area contributed by atoms with Gasteiger partial charge in [-0.25, -0.2) is 0 Å². The first-order valence-corrected chi connectivity index (χ1v) is 4.31. The van der Waals surface area contributed by atoms with E-state index in [0.29, 0.717) is 5.92 Å². The van der Waals surface area contributed by atoms with Crippen molar-refractivity contribution in [3.8, 4) is 0 Å². The Morgan fingerprint density at radius 3 is 2.91 bits per heavy atom. The van der Waals surface area contributed by atoms with E-state index in [1.54, 1.807) is 0 Å². The number of nitrogens with two attached hydrogens (primary N) is 1. The molecular weight excluding hydrogens is 134 g/mol. The van der Waals surface area contributed by atoms with Gasteiger partial charge in [0.2, 0.25) is 0 Å². The fourth-order valence-electron chi connectivity index (χ4n) is 1.54. The molecule has 62 valence electrons. The van der Waals surface area contributed by atoms with Crippen molar-refractivity contribution in [2.45, 2.75) is 26.7 Å². The Morgan fingerprint density at radius 1 is 1.64 bits per heavy atom. The van der Waals surface area contributed by atoms with Gasteiger partial charge in [-0.05, 0) is 30.8 Å². The van der Waals surface area contributed by atoms with Crippen LogP contribution in [0.3, 0.4) is 0 Å². The third kappa shape index (κ3) is 2.79. The van der Waals surface area contributed by atoms with E-state index < -0.39 is 0 Å². The Hall–Kier alpha value is -0.720. The molecule has 0 saturated heterocycles. The number of hydrogen-bond donors (Lipinski definition) is 1. The molecule has 0 spiro atoms. The molecule has 1 atom stereocenters. The van der Waals surface area contributed by atoms with Crippen molar-refractivity contribution in [1.82, 2.24) is 0 Å². The van der Waals surface area contributed by atoms with Crippen LogP contribution in [0.2, 0.25) is 0 Å². The summed E-state index contributed by atoms with van der Waals surface area (Å²) in [5.74, 6) is 1.45. The Labute approximate surface area is 69.0 Å². The van der Waals surface area contributed by atoms with E-state index in [0.717, 1.165) is 18.0 Å². The van der Waals surface area contributed by atoms with Crippen LogP contribution in [0.25, 0.3) is 0 Å². The summed E-state index contributed by atoms with van der Waals surface area (Å²) in [6.07, 6.45) is 8.64. The highest BCUT2D eigenvalue weighted by Crippen LogP contribution is 2.22. The van der Waals surface area contributed by atoms with Crippen LogP contribution < -0.4 is 5.73 Å². The van der Waals surface area contributed by atoms with E-state index in [-0.39, 0.29) is 0 Å². The lowest BCUT2D eigenvalue weighted by Gasteiger charge is -2.17. The van der Waals surface area contributed by atoms with Crippen molar-refractivity contribution in [2.24, 2.45) is 17.6 Å². The predicted octanol–water partition coefficient (Wildman–Crippen LogP) is 2.45. The zero-order valence-corrected chi connectivity index (χ0v) is 7.38. The van der Waals surface area contributed by atoms with Gasteiger partial charge in [0, 0.05) is 5.70 Å². The molecule has 0 amide bonds. The first-order chi connectivity index (χ1) is 5.18. The summed E-state index contributed by atoms with van der Waals surface area (Å²) in [6, 6.07) is 0. The minimum atomic E-state index is 0.681. The van der Waals surface area contributed by atoms with E-state index in [1.165, 1.54) is 6.42 Å². The van der Waals surface area contributed by atoms with Crippen molar-refractivity contribution in [2.75, 3.05) is 0 Å². The molecule has 2 N–H and O–H groups in total. The fraction of sp³-hybridized carbons (Fsp3) is 0.600. The quantitative estimate of drug-likeness (QED) is 0.644. The SMILES string of the molecule is CC(C)CC1C=CC=C(N)C1. The standard InChI is InChI=1S/C10H17N/c1-8(2)6-9-4-3-5-10(11)7-9/h3-5,8-9H,6-7,11H2,1-2H3. The maximum absolute atomic E-state index is 5.71. The molecule has 0 aromatic heterocycles. The van der Waals surface area contributed by atoms with Crippen molar-refractivity contribution >= 4 is 0 Å². The third-order valence-corrected chi connectivity index (χ3v) is 1.97. The second kappa shape index (κ2) is 3.61. The van der Waals surface area contributed by atoms with E-state index in [4.69, 9.17) is 5.73 Å². The van der Waals surface area contributed by atoms with Crippen molar-refractivity contribution in [1.29, 1.82) is 0 Å². The van der Waals surface area contributed by atoms with Gasteiger partial charge >= 0.3 is 0 Å². The molecule has 1 heteroatoms. The summed E-state index contributed by atoms with van der Waals surface area (Å²) in [6.45, 7) is 4.50. The zero-order valence-electron chi connectivity index (χ0n) is 7.38. The number of allylic oxidation sites excluding steroid dienone is 4. The Kier molecular flexibility index (Phi) is 2.75. The van der Waals surface area contributed by atoms with Crippen LogP contribution in [0.5, 0.6) is 0 Å². The van der Waals surface area contributed by atoms with Gasteiger partial charge in [0.15, 0.2) is 0 Å². The van der Waals surface area contributed by atoms with Crippen LogP contribution >= 0.6 is 0 Å². The lowest BCUT2D eigenvalue weighted by Crippen LogP contribution is -2.10.